The van der Waals surface area contributed by atoms with Gasteiger partial charge in [-0.2, -0.15) is 0 Å². The fraction of sp³-hybridized carbons (Fsp3) is 0.500. The van der Waals surface area contributed by atoms with Crippen LogP contribution >= 0.6 is 15.4 Å². The second-order valence-electron chi connectivity index (χ2n) is 5.61. The van der Waals surface area contributed by atoms with Gasteiger partial charge in [-0.25, -0.2) is 23.8 Å². The number of fused-ring (bicyclic) bond motifs is 1. The number of rotatable bonds is 5. The van der Waals surface area contributed by atoms with Crippen molar-refractivity contribution >= 4 is 32.4 Å². The van der Waals surface area contributed by atoms with Crippen molar-refractivity contribution in [3.05, 3.63) is 12.7 Å². The first-order chi connectivity index (χ1) is 12.4. The molecule has 15 nitrogen and oxygen atoms in total. The molecule has 2 aromatic heterocycles. The third-order valence-corrected chi connectivity index (χ3v) is 6.54. The Bertz CT molecular complexity index is 948. The highest BCUT2D eigenvalue weighted by atomic mass is 31.3. The maximum atomic E-state index is 11.9. The summed E-state index contributed by atoms with van der Waals surface area (Å²) in [6, 6.07) is 0. The predicted octanol–water partition coefficient (Wildman–Crippen LogP) is -2.36. The Labute approximate surface area is 149 Å². The standard InChI is InChI=1S/C10H15N5O10P2/c11-7-3-8(13-1-12-7)15(2-14-3)9-5(17)4(16)6(24-9)10(18)26(19,20)25-27(21,22)23/h1-2,4-6,9-10,16-18H,(H,19,20)(H2,11,12,13)(H2,21,22,23)/t4-,5+,6-,9+,10?/m0/s1. The second kappa shape index (κ2) is 6.83. The monoisotopic (exact) mass is 427 g/mol. The molecular formula is C10H15N5O10P2. The summed E-state index contributed by atoms with van der Waals surface area (Å²) in [5, 5.41) is 30.2. The molecule has 0 radical (unpaired) electrons. The summed E-state index contributed by atoms with van der Waals surface area (Å²) in [4.78, 5) is 38.5. The van der Waals surface area contributed by atoms with Crippen LogP contribution in [0.15, 0.2) is 12.7 Å². The van der Waals surface area contributed by atoms with Crippen LogP contribution < -0.4 is 5.73 Å². The van der Waals surface area contributed by atoms with Crippen molar-refractivity contribution in [2.75, 3.05) is 5.73 Å². The molecule has 0 amide bonds. The van der Waals surface area contributed by atoms with E-state index in [1.54, 1.807) is 0 Å². The fourth-order valence-corrected chi connectivity index (χ4v) is 4.83. The summed E-state index contributed by atoms with van der Waals surface area (Å²) in [6.45, 7) is 0. The van der Waals surface area contributed by atoms with Crippen LogP contribution in [0, 0.1) is 0 Å². The Morgan fingerprint density at radius 1 is 1.19 bits per heavy atom. The normalized spacial score (nSPS) is 29.7. The quantitative estimate of drug-likeness (QED) is 0.247. The van der Waals surface area contributed by atoms with Crippen LogP contribution in [-0.2, 0) is 18.2 Å². The molecule has 6 atom stereocenters. The van der Waals surface area contributed by atoms with Gasteiger partial charge in [0.25, 0.3) is 0 Å². The Morgan fingerprint density at radius 2 is 1.85 bits per heavy atom. The molecule has 0 bridgehead atoms. The molecule has 8 N–H and O–H groups in total. The first-order valence-corrected chi connectivity index (χ1v) is 10.3. The SMILES string of the molecule is Nc1ncnc2c1ncn2[C@@H]1O[C@H](C(O)P(=O)(O)OP(=O)(O)O)[C@@H](O)[C@H]1O. The highest BCUT2D eigenvalue weighted by Crippen LogP contribution is 2.61. The first-order valence-electron chi connectivity index (χ1n) is 7.14. The minimum atomic E-state index is -5.44. The van der Waals surface area contributed by atoms with Gasteiger partial charge < -0.3 is 40.5 Å². The van der Waals surface area contributed by atoms with Crippen LogP contribution in [0.3, 0.4) is 0 Å². The van der Waals surface area contributed by atoms with Gasteiger partial charge in [0.15, 0.2) is 23.5 Å². The van der Waals surface area contributed by atoms with Crippen molar-refractivity contribution < 1.29 is 48.2 Å². The summed E-state index contributed by atoms with van der Waals surface area (Å²) >= 11 is 0. The van der Waals surface area contributed by atoms with Gasteiger partial charge in [-0.05, 0) is 0 Å². The molecule has 2 unspecified atom stereocenters. The lowest BCUT2D eigenvalue weighted by Gasteiger charge is -2.24. The van der Waals surface area contributed by atoms with E-state index in [0.717, 1.165) is 17.2 Å². The lowest BCUT2D eigenvalue weighted by Crippen LogP contribution is -2.38. The van der Waals surface area contributed by atoms with Crippen LogP contribution in [0.4, 0.5) is 5.82 Å². The molecule has 27 heavy (non-hydrogen) atoms. The maximum Gasteiger partial charge on any atom is 0.476 e. The van der Waals surface area contributed by atoms with Crippen LogP contribution in [0.2, 0.25) is 0 Å². The topological polar surface area (TPSA) is 244 Å². The van der Waals surface area contributed by atoms with Crippen LogP contribution in [0.25, 0.3) is 11.2 Å². The summed E-state index contributed by atoms with van der Waals surface area (Å²) in [5.74, 6) is -2.55. The van der Waals surface area contributed by atoms with Gasteiger partial charge in [-0.3, -0.25) is 9.13 Å². The van der Waals surface area contributed by atoms with E-state index < -0.39 is 45.8 Å². The maximum absolute atomic E-state index is 11.9. The van der Waals surface area contributed by atoms with Crippen molar-refractivity contribution in [2.45, 2.75) is 30.4 Å². The third-order valence-electron chi connectivity index (χ3n) is 3.79. The molecule has 2 aromatic rings. The van der Waals surface area contributed by atoms with E-state index in [1.165, 1.54) is 0 Å². The summed E-state index contributed by atoms with van der Waals surface area (Å²) in [5.41, 5.74) is 5.90. The van der Waals surface area contributed by atoms with Gasteiger partial charge in [0.05, 0.1) is 6.33 Å². The van der Waals surface area contributed by atoms with E-state index >= 15 is 0 Å². The summed E-state index contributed by atoms with van der Waals surface area (Å²) < 4.78 is 32.7. The molecule has 3 heterocycles. The number of imidazole rings is 1. The molecule has 0 spiro atoms. The molecule has 1 fully saturated rings. The number of ether oxygens (including phenoxy) is 1. The molecular weight excluding hydrogens is 412 g/mol. The zero-order chi connectivity index (χ0) is 20.1. The van der Waals surface area contributed by atoms with Gasteiger partial charge in [0.2, 0.25) is 0 Å². The number of aliphatic hydroxyl groups is 3. The largest absolute Gasteiger partial charge is 0.476 e. The number of nitrogens with zero attached hydrogens (tertiary/aromatic N) is 4. The second-order valence-corrected chi connectivity index (χ2v) is 8.90. The average Bonchev–Trinajstić information content (AvgIpc) is 3.08. The zero-order valence-corrected chi connectivity index (χ0v) is 14.9. The number of nitrogen functional groups attached to an aromatic ring is 1. The fourth-order valence-electron chi connectivity index (χ4n) is 2.60. The molecule has 1 aliphatic rings. The molecule has 17 heteroatoms. The van der Waals surface area contributed by atoms with Crippen molar-refractivity contribution in [3.63, 3.8) is 0 Å². The predicted molar refractivity (Wildman–Crippen MR) is 84.6 cm³/mol. The molecule has 150 valence electrons. The molecule has 3 rings (SSSR count). The third kappa shape index (κ3) is 3.75. The number of aromatic nitrogens is 4. The van der Waals surface area contributed by atoms with Gasteiger partial charge in [-0.1, -0.05) is 0 Å². The summed E-state index contributed by atoms with van der Waals surface area (Å²) in [6.07, 6.45) is -4.74. The number of aliphatic hydroxyl groups excluding tert-OH is 3. The highest BCUT2D eigenvalue weighted by molar-refractivity contribution is 7.63. The Kier molecular flexibility index (Phi) is 5.12. The van der Waals surface area contributed by atoms with Gasteiger partial charge in [0.1, 0.15) is 30.2 Å². The number of nitrogens with two attached hydrogens (primary N) is 1. The zero-order valence-electron chi connectivity index (χ0n) is 13.1. The number of hydrogen-bond acceptors (Lipinski definition) is 11. The molecule has 0 aromatic carbocycles. The average molecular weight is 427 g/mol. The number of anilines is 1. The lowest BCUT2D eigenvalue weighted by molar-refractivity contribution is -0.0663. The van der Waals surface area contributed by atoms with Gasteiger partial charge >= 0.3 is 15.4 Å². The van der Waals surface area contributed by atoms with E-state index in [0.29, 0.717) is 0 Å². The van der Waals surface area contributed by atoms with Crippen LogP contribution in [0.5, 0.6) is 0 Å². The van der Waals surface area contributed by atoms with Crippen LogP contribution in [-0.4, -0.2) is 73.7 Å². The van der Waals surface area contributed by atoms with Crippen molar-refractivity contribution in [2.24, 2.45) is 0 Å². The molecule has 1 aliphatic heterocycles. The minimum Gasteiger partial charge on any atom is -0.387 e. The Balaban J connectivity index is 1.90. The van der Waals surface area contributed by atoms with Gasteiger partial charge in [-0.15, -0.1) is 0 Å². The van der Waals surface area contributed by atoms with E-state index in [9.17, 15) is 29.3 Å². The lowest BCUT2D eigenvalue weighted by atomic mass is 10.1. The molecule has 0 saturated carbocycles. The molecule has 0 aliphatic carbocycles. The van der Waals surface area contributed by atoms with Crippen LogP contribution in [0.1, 0.15) is 6.23 Å². The summed E-state index contributed by atoms with van der Waals surface area (Å²) in [7, 11) is -10.8. The molecule has 1 saturated heterocycles. The van der Waals surface area contributed by atoms with Gasteiger partial charge in [0, 0.05) is 0 Å². The van der Waals surface area contributed by atoms with E-state index in [-0.39, 0.29) is 17.0 Å². The smallest absolute Gasteiger partial charge is 0.387 e. The Hall–Kier alpha value is -1.51. The first kappa shape index (κ1) is 20.2. The van der Waals surface area contributed by atoms with Crippen molar-refractivity contribution in [1.29, 1.82) is 0 Å². The number of hydrogen-bond donors (Lipinski definition) is 7. The minimum absolute atomic E-state index is 0.0262. The van der Waals surface area contributed by atoms with Crippen molar-refractivity contribution in [3.8, 4) is 0 Å². The Morgan fingerprint density at radius 3 is 2.48 bits per heavy atom. The van der Waals surface area contributed by atoms with E-state index in [4.69, 9.17) is 20.3 Å². The van der Waals surface area contributed by atoms with Crippen molar-refractivity contribution in [1.82, 2.24) is 19.5 Å². The highest BCUT2D eigenvalue weighted by Gasteiger charge is 2.54. The van der Waals surface area contributed by atoms with E-state index in [2.05, 4.69) is 19.3 Å². The number of phosphoric acid groups is 1. The van der Waals surface area contributed by atoms with E-state index in [1.807, 2.05) is 0 Å².